The van der Waals surface area contributed by atoms with Gasteiger partial charge in [0.15, 0.2) is 24.5 Å². The van der Waals surface area contributed by atoms with E-state index in [-0.39, 0.29) is 40.4 Å². The first kappa shape index (κ1) is 49.0. The quantitative estimate of drug-likeness (QED) is 0.0894. The molecule has 8 aliphatic rings. The van der Waals surface area contributed by atoms with Gasteiger partial charge in [-0.3, -0.25) is 0 Å². The summed E-state index contributed by atoms with van der Waals surface area (Å²) in [6, 6.07) is 0. The van der Waals surface area contributed by atoms with Gasteiger partial charge in [-0.05, 0) is 118 Å². The van der Waals surface area contributed by atoms with Crippen LogP contribution in [0.2, 0.25) is 0 Å². The largest absolute Gasteiger partial charge is 0.456 e. The third kappa shape index (κ3) is 7.76. The Morgan fingerprint density at radius 3 is 2.06 bits per heavy atom. The van der Waals surface area contributed by atoms with Gasteiger partial charge in [0.2, 0.25) is 0 Å². The van der Waals surface area contributed by atoms with E-state index in [1.807, 2.05) is 19.9 Å². The van der Waals surface area contributed by atoms with Crippen molar-refractivity contribution in [1.82, 2.24) is 0 Å². The first-order valence-electron chi connectivity index (χ1n) is 23.8. The number of aliphatic hydroxyl groups is 9. The van der Waals surface area contributed by atoms with Crippen LogP contribution in [0.1, 0.15) is 113 Å². The van der Waals surface area contributed by atoms with E-state index in [0.717, 1.165) is 50.5 Å². The molecular formula is C47H76O17. The van der Waals surface area contributed by atoms with Gasteiger partial charge in [0.25, 0.3) is 0 Å². The second kappa shape index (κ2) is 17.5. The van der Waals surface area contributed by atoms with Crippen molar-refractivity contribution in [3.8, 4) is 0 Å². The van der Waals surface area contributed by atoms with Gasteiger partial charge in [-0.1, -0.05) is 40.2 Å². The number of hydrogen-bond donors (Lipinski definition) is 9. The lowest BCUT2D eigenvalue weighted by molar-refractivity contribution is -0.395. The van der Waals surface area contributed by atoms with Crippen molar-refractivity contribution in [3.63, 3.8) is 0 Å². The summed E-state index contributed by atoms with van der Waals surface area (Å²) in [6.07, 6.45) is -12.9. The molecule has 0 aromatic heterocycles. The number of ether oxygens (including phenoxy) is 7. The van der Waals surface area contributed by atoms with E-state index < -0.39 is 128 Å². The van der Waals surface area contributed by atoms with Crippen LogP contribution in [-0.4, -0.2) is 169 Å². The van der Waals surface area contributed by atoms with Crippen LogP contribution in [0, 0.1) is 45.3 Å². The van der Waals surface area contributed by atoms with Crippen molar-refractivity contribution < 1.29 is 83.9 Å². The average Bonchev–Trinajstić information content (AvgIpc) is 3.74. The van der Waals surface area contributed by atoms with Gasteiger partial charge in [-0.25, -0.2) is 4.79 Å². The summed E-state index contributed by atoms with van der Waals surface area (Å²) in [5.74, 6) is 0.0297. The van der Waals surface area contributed by atoms with E-state index in [9.17, 15) is 50.8 Å². The van der Waals surface area contributed by atoms with Crippen LogP contribution < -0.4 is 0 Å². The molecule has 4 saturated carbocycles. The molecule has 4 aliphatic carbocycles. The maximum Gasteiger partial charge on any atom is 0.339 e. The van der Waals surface area contributed by atoms with Gasteiger partial charge < -0.3 is 79.1 Å². The first-order valence-corrected chi connectivity index (χ1v) is 23.8. The second-order valence-corrected chi connectivity index (χ2v) is 22.5. The fourth-order valence-corrected chi connectivity index (χ4v) is 14.9. The van der Waals surface area contributed by atoms with Crippen LogP contribution in [0.25, 0.3) is 0 Å². The molecule has 8 rings (SSSR count). The standard InChI is InChI=1S/C47H76O17/c1-21(2)17-23-18-47(57,42(56)60-23)25-11-15-45(7)24(25)9-10-29-44(6)14-13-30(43(4,5)28(44)12-16-46(29,45)8)62-41-38(64-40-36(55)34(53)31(50)22(3)59-40)37(33(52)27(19-48)61-41)63-39-35(54)32(51)26(49)20-58-39/h17,22-41,48-55,57H,9-16,18-20H2,1-8H3/t22-,23-,24?,25-,26+,27+,28-,29+,30-,31-,32-,33+,34+,35+,36+,37-,38+,39-,40-,41-,44-,45+,46+,47+/m0/s1. The first-order chi connectivity index (χ1) is 29.9. The Morgan fingerprint density at radius 1 is 0.703 bits per heavy atom. The van der Waals surface area contributed by atoms with Crippen LogP contribution >= 0.6 is 0 Å². The summed E-state index contributed by atoms with van der Waals surface area (Å²) < 4.78 is 42.9. The number of cyclic esters (lactones) is 1. The molecular weight excluding hydrogens is 836 g/mol. The fraction of sp³-hybridized carbons (Fsp3) is 0.936. The lowest BCUT2D eigenvalue weighted by atomic mass is 9.35. The van der Waals surface area contributed by atoms with Gasteiger partial charge in [0.05, 0.1) is 25.4 Å². The zero-order chi connectivity index (χ0) is 46.6. The van der Waals surface area contributed by atoms with Crippen molar-refractivity contribution in [2.45, 2.75) is 217 Å². The summed E-state index contributed by atoms with van der Waals surface area (Å²) in [7, 11) is 0. The molecule has 0 spiro atoms. The van der Waals surface area contributed by atoms with Crippen LogP contribution in [0.4, 0.5) is 0 Å². The summed E-state index contributed by atoms with van der Waals surface area (Å²) in [5, 5.41) is 97.9. The van der Waals surface area contributed by atoms with Crippen LogP contribution in [0.3, 0.4) is 0 Å². The van der Waals surface area contributed by atoms with Crippen LogP contribution in [0.5, 0.6) is 0 Å². The fourth-order valence-electron chi connectivity index (χ4n) is 14.9. The highest BCUT2D eigenvalue weighted by Crippen LogP contribution is 2.76. The number of carbonyl (C=O) groups is 1. The number of carbonyl (C=O) groups excluding carboxylic acids is 1. The molecule has 64 heavy (non-hydrogen) atoms. The highest BCUT2D eigenvalue weighted by Gasteiger charge is 2.71. The molecule has 9 N–H and O–H groups in total. The van der Waals surface area contributed by atoms with Gasteiger partial charge in [0, 0.05) is 12.3 Å². The molecule has 366 valence electrons. The Hall–Kier alpha value is -1.39. The molecule has 4 aliphatic heterocycles. The van der Waals surface area contributed by atoms with E-state index in [2.05, 4.69) is 34.6 Å². The van der Waals surface area contributed by atoms with Crippen molar-refractivity contribution in [2.75, 3.05) is 13.2 Å². The SMILES string of the molecule is CC(C)=C[C@H]1C[C@@](O)([C@H]2CC[C@]3(C)C2CC[C@@H]2[C@@]4(C)CC[C@H](O[C@@H]5O[C@H](CO)[C@@H](O)[C@H](O[C@@H]6OC[C@@H](O)[C@H](O)[C@H]6O)[C@H]5O[C@@H]5O[C@@H](C)[C@H](O)[C@@H](O)[C@H]5O)C(C)(C)[C@@H]4CC[C@]23C)C(=O)O1. The van der Waals surface area contributed by atoms with E-state index in [1.54, 1.807) is 0 Å². The minimum absolute atomic E-state index is 0.0657. The molecule has 8 fully saturated rings. The number of hydrogen-bond acceptors (Lipinski definition) is 17. The molecule has 0 bridgehead atoms. The van der Waals surface area contributed by atoms with E-state index in [1.165, 1.54) is 6.92 Å². The van der Waals surface area contributed by atoms with Gasteiger partial charge in [-0.2, -0.15) is 0 Å². The van der Waals surface area contributed by atoms with Gasteiger partial charge in [0.1, 0.15) is 67.1 Å². The highest BCUT2D eigenvalue weighted by molar-refractivity contribution is 5.82. The Labute approximate surface area is 376 Å². The summed E-state index contributed by atoms with van der Waals surface area (Å²) >= 11 is 0. The van der Waals surface area contributed by atoms with Gasteiger partial charge >= 0.3 is 5.97 Å². The monoisotopic (exact) mass is 913 g/mol. The van der Waals surface area contributed by atoms with Crippen molar-refractivity contribution in [3.05, 3.63) is 11.6 Å². The minimum atomic E-state index is -1.75. The van der Waals surface area contributed by atoms with E-state index in [4.69, 9.17) is 33.2 Å². The molecule has 17 nitrogen and oxygen atoms in total. The van der Waals surface area contributed by atoms with Crippen molar-refractivity contribution in [1.29, 1.82) is 0 Å². The number of aliphatic hydroxyl groups excluding tert-OH is 8. The molecule has 0 aromatic rings. The molecule has 0 aromatic carbocycles. The Kier molecular flexibility index (Phi) is 13.4. The van der Waals surface area contributed by atoms with E-state index in [0.29, 0.717) is 12.3 Å². The normalized spacial score (nSPS) is 54.9. The predicted molar refractivity (Wildman–Crippen MR) is 224 cm³/mol. The molecule has 0 radical (unpaired) electrons. The number of allylic oxidation sites excluding steroid dienone is 1. The summed E-state index contributed by atoms with van der Waals surface area (Å²) in [5.41, 5.74) is -1.21. The van der Waals surface area contributed by atoms with Crippen LogP contribution in [-0.2, 0) is 38.0 Å². The summed E-state index contributed by atoms with van der Waals surface area (Å²) in [4.78, 5) is 13.4. The Balaban J connectivity index is 1.05. The smallest absolute Gasteiger partial charge is 0.339 e. The summed E-state index contributed by atoms with van der Waals surface area (Å²) in [6.45, 7) is 16.1. The lowest BCUT2D eigenvalue weighted by Crippen LogP contribution is -2.67. The van der Waals surface area contributed by atoms with Crippen LogP contribution in [0.15, 0.2) is 11.6 Å². The average molecular weight is 913 g/mol. The maximum absolute atomic E-state index is 13.4. The highest BCUT2D eigenvalue weighted by atomic mass is 16.8. The zero-order valence-electron chi connectivity index (χ0n) is 38.7. The third-order valence-electron chi connectivity index (χ3n) is 18.5. The Morgan fingerprint density at radius 2 is 1.38 bits per heavy atom. The number of esters is 1. The Bertz CT molecular complexity index is 1730. The van der Waals surface area contributed by atoms with Crippen molar-refractivity contribution in [2.24, 2.45) is 45.3 Å². The molecule has 4 heterocycles. The molecule has 24 atom stereocenters. The van der Waals surface area contributed by atoms with E-state index >= 15 is 0 Å². The third-order valence-corrected chi connectivity index (χ3v) is 18.5. The molecule has 4 saturated heterocycles. The maximum atomic E-state index is 13.4. The number of rotatable bonds is 9. The second-order valence-electron chi connectivity index (χ2n) is 22.5. The number of fused-ring (bicyclic) bond motifs is 5. The molecule has 17 heteroatoms. The molecule has 0 amide bonds. The lowest BCUT2D eigenvalue weighted by Gasteiger charge is -2.70. The minimum Gasteiger partial charge on any atom is -0.456 e. The molecule has 1 unspecified atom stereocenters. The topological polar surface area (TPSA) is 264 Å². The predicted octanol–water partition coefficient (Wildman–Crippen LogP) is 1.18. The van der Waals surface area contributed by atoms with Gasteiger partial charge in [-0.15, -0.1) is 0 Å². The zero-order valence-corrected chi connectivity index (χ0v) is 38.7. The van der Waals surface area contributed by atoms with Crippen molar-refractivity contribution >= 4 is 5.97 Å².